The first-order valence-corrected chi connectivity index (χ1v) is 3.87. The largest absolute Gasteiger partial charge is 0.390 e. The molecule has 6 heteroatoms. The third-order valence-electron chi connectivity index (χ3n) is 1.73. The molecule has 0 saturated carbocycles. The van der Waals surface area contributed by atoms with E-state index in [-0.39, 0.29) is 17.8 Å². The highest BCUT2D eigenvalue weighted by Gasteiger charge is 2.18. The lowest BCUT2D eigenvalue weighted by Gasteiger charge is -2.08. The van der Waals surface area contributed by atoms with Gasteiger partial charge >= 0.3 is 0 Å². The molecule has 0 aromatic carbocycles. The Hall–Kier alpha value is -1.14. The fourth-order valence-corrected chi connectivity index (χ4v) is 1.07. The number of nitrogens with zero attached hydrogens (tertiary/aromatic N) is 1. The van der Waals surface area contributed by atoms with E-state index in [4.69, 9.17) is 10.8 Å². The minimum Gasteiger partial charge on any atom is -0.390 e. The molecule has 3 N–H and O–H groups in total. The molecule has 0 aliphatic heterocycles. The van der Waals surface area contributed by atoms with Crippen LogP contribution in [0.25, 0.3) is 0 Å². The van der Waals surface area contributed by atoms with E-state index in [9.17, 15) is 13.2 Å². The van der Waals surface area contributed by atoms with E-state index in [2.05, 4.69) is 4.98 Å². The zero-order valence-corrected chi connectivity index (χ0v) is 7.17. The van der Waals surface area contributed by atoms with Crippen molar-refractivity contribution in [2.24, 2.45) is 5.73 Å². The molecule has 14 heavy (non-hydrogen) atoms. The van der Waals surface area contributed by atoms with E-state index >= 15 is 0 Å². The number of aliphatic hydroxyl groups excluding tert-OH is 1. The smallest absolute Gasteiger partial charge is 0.280 e. The van der Waals surface area contributed by atoms with Crippen LogP contribution in [0.4, 0.5) is 13.2 Å². The Morgan fingerprint density at radius 3 is 2.57 bits per heavy atom. The van der Waals surface area contributed by atoms with E-state index in [1.165, 1.54) is 0 Å². The molecule has 0 aliphatic rings. The van der Waals surface area contributed by atoms with Crippen LogP contribution in [0.1, 0.15) is 23.4 Å². The monoisotopic (exact) mass is 206 g/mol. The van der Waals surface area contributed by atoms with Crippen molar-refractivity contribution >= 4 is 0 Å². The molecule has 0 amide bonds. The third kappa shape index (κ3) is 2.02. The van der Waals surface area contributed by atoms with Crippen LogP contribution in [0.15, 0.2) is 6.07 Å². The van der Waals surface area contributed by atoms with Gasteiger partial charge in [0.2, 0.25) is 0 Å². The summed E-state index contributed by atoms with van der Waals surface area (Å²) in [7, 11) is 0. The summed E-state index contributed by atoms with van der Waals surface area (Å²) in [6.45, 7) is -0.925. The van der Waals surface area contributed by atoms with Crippen LogP contribution in [0.5, 0.6) is 0 Å². The molecule has 0 fully saturated rings. The van der Waals surface area contributed by atoms with Crippen molar-refractivity contribution in [3.8, 4) is 0 Å². The molecular weight excluding hydrogens is 197 g/mol. The minimum atomic E-state index is -2.89. The number of aromatic nitrogens is 1. The predicted molar refractivity (Wildman–Crippen MR) is 43.0 cm³/mol. The number of alkyl halides is 2. The van der Waals surface area contributed by atoms with E-state index < -0.39 is 24.5 Å². The quantitative estimate of drug-likeness (QED) is 0.778. The number of pyridine rings is 1. The molecule has 0 saturated heterocycles. The van der Waals surface area contributed by atoms with Gasteiger partial charge in [0, 0.05) is 12.1 Å². The van der Waals surface area contributed by atoms with Gasteiger partial charge in [-0.25, -0.2) is 18.2 Å². The summed E-state index contributed by atoms with van der Waals surface area (Å²) < 4.78 is 37.8. The van der Waals surface area contributed by atoms with E-state index in [0.29, 0.717) is 0 Å². The second kappa shape index (κ2) is 4.39. The summed E-state index contributed by atoms with van der Waals surface area (Å²) >= 11 is 0. The van der Waals surface area contributed by atoms with Crippen molar-refractivity contribution < 1.29 is 18.3 Å². The van der Waals surface area contributed by atoms with Crippen LogP contribution >= 0.6 is 0 Å². The Bertz CT molecular complexity index is 331. The second-order valence-electron chi connectivity index (χ2n) is 2.62. The van der Waals surface area contributed by atoms with Crippen LogP contribution in [0.3, 0.4) is 0 Å². The lowest BCUT2D eigenvalue weighted by molar-refractivity contribution is 0.143. The summed E-state index contributed by atoms with van der Waals surface area (Å²) in [6.07, 6.45) is -2.89. The first-order chi connectivity index (χ1) is 6.60. The van der Waals surface area contributed by atoms with Gasteiger partial charge in [-0.15, -0.1) is 0 Å². The molecule has 0 unspecified atom stereocenters. The number of hydrogen-bond acceptors (Lipinski definition) is 3. The molecule has 1 heterocycles. The van der Waals surface area contributed by atoms with Crippen LogP contribution in [0.2, 0.25) is 0 Å². The lowest BCUT2D eigenvalue weighted by Crippen LogP contribution is -2.09. The molecule has 0 atom stereocenters. The summed E-state index contributed by atoms with van der Waals surface area (Å²) in [5.41, 5.74) is 3.97. The Morgan fingerprint density at radius 2 is 2.14 bits per heavy atom. The van der Waals surface area contributed by atoms with Gasteiger partial charge in [0.05, 0.1) is 12.3 Å². The Labute approximate surface area is 78.4 Å². The van der Waals surface area contributed by atoms with Crippen LogP contribution in [-0.4, -0.2) is 10.1 Å². The fraction of sp³-hybridized carbons (Fsp3) is 0.375. The SMILES string of the molecule is NCc1c(F)cc(CO)nc1C(F)F. The van der Waals surface area contributed by atoms with Crippen LogP contribution in [0, 0.1) is 5.82 Å². The van der Waals surface area contributed by atoms with Gasteiger partial charge in [-0.2, -0.15) is 0 Å². The van der Waals surface area contributed by atoms with Gasteiger partial charge in [0.25, 0.3) is 6.43 Å². The van der Waals surface area contributed by atoms with Crippen molar-refractivity contribution in [3.63, 3.8) is 0 Å². The van der Waals surface area contributed by atoms with Crippen molar-refractivity contribution in [1.82, 2.24) is 4.98 Å². The molecule has 1 rings (SSSR count). The van der Waals surface area contributed by atoms with Gasteiger partial charge < -0.3 is 10.8 Å². The first-order valence-electron chi connectivity index (χ1n) is 3.87. The highest BCUT2D eigenvalue weighted by molar-refractivity contribution is 5.25. The maximum atomic E-state index is 13.1. The summed E-state index contributed by atoms with van der Waals surface area (Å²) in [5, 5.41) is 8.63. The second-order valence-corrected chi connectivity index (χ2v) is 2.62. The van der Waals surface area contributed by atoms with Gasteiger partial charge in [0.1, 0.15) is 11.5 Å². The zero-order valence-electron chi connectivity index (χ0n) is 7.17. The normalized spacial score (nSPS) is 11.0. The molecule has 0 bridgehead atoms. The molecule has 1 aromatic heterocycles. The molecule has 0 radical (unpaired) electrons. The maximum Gasteiger partial charge on any atom is 0.280 e. The van der Waals surface area contributed by atoms with Crippen molar-refractivity contribution in [2.45, 2.75) is 19.6 Å². The van der Waals surface area contributed by atoms with Crippen molar-refractivity contribution in [1.29, 1.82) is 0 Å². The lowest BCUT2D eigenvalue weighted by atomic mass is 10.1. The molecule has 78 valence electrons. The zero-order chi connectivity index (χ0) is 10.7. The van der Waals surface area contributed by atoms with Crippen molar-refractivity contribution in [3.05, 3.63) is 28.8 Å². The highest BCUT2D eigenvalue weighted by atomic mass is 19.3. The molecule has 1 aromatic rings. The first kappa shape index (κ1) is 10.9. The average Bonchev–Trinajstić information content (AvgIpc) is 2.16. The van der Waals surface area contributed by atoms with Crippen LogP contribution < -0.4 is 5.73 Å². The van der Waals surface area contributed by atoms with Gasteiger partial charge in [-0.1, -0.05) is 0 Å². The number of nitrogens with two attached hydrogens (primary N) is 1. The van der Waals surface area contributed by atoms with Crippen LogP contribution in [-0.2, 0) is 13.2 Å². The number of aliphatic hydroxyl groups is 1. The standard InChI is InChI=1S/C8H9F3N2O/c9-6-1-4(3-14)13-7(8(10)11)5(6)2-12/h1,8,14H,2-3,12H2. The minimum absolute atomic E-state index is 0.130. The fourth-order valence-electron chi connectivity index (χ4n) is 1.07. The average molecular weight is 206 g/mol. The summed E-state index contributed by atoms with van der Waals surface area (Å²) in [6, 6.07) is 0.897. The Kier molecular flexibility index (Phi) is 3.43. The van der Waals surface area contributed by atoms with E-state index in [1.807, 2.05) is 0 Å². The van der Waals surface area contributed by atoms with Gasteiger partial charge in [0.15, 0.2) is 0 Å². The number of hydrogen-bond donors (Lipinski definition) is 2. The Morgan fingerprint density at radius 1 is 1.50 bits per heavy atom. The Balaban J connectivity index is 3.28. The molecular formula is C8H9F3N2O. The topological polar surface area (TPSA) is 59.1 Å². The van der Waals surface area contributed by atoms with Gasteiger partial charge in [-0.05, 0) is 6.07 Å². The molecule has 3 nitrogen and oxygen atoms in total. The predicted octanol–water partition coefficient (Wildman–Crippen LogP) is 1.11. The van der Waals surface area contributed by atoms with E-state index in [0.717, 1.165) is 6.07 Å². The van der Waals surface area contributed by atoms with Crippen molar-refractivity contribution in [2.75, 3.05) is 0 Å². The summed E-state index contributed by atoms with van der Waals surface area (Å²) in [5.74, 6) is -0.859. The maximum absolute atomic E-state index is 13.1. The molecule has 0 spiro atoms. The number of halogens is 3. The molecule has 0 aliphatic carbocycles. The summed E-state index contributed by atoms with van der Waals surface area (Å²) in [4.78, 5) is 3.40. The van der Waals surface area contributed by atoms with E-state index in [1.54, 1.807) is 0 Å². The highest BCUT2D eigenvalue weighted by Crippen LogP contribution is 2.23. The van der Waals surface area contributed by atoms with Gasteiger partial charge in [-0.3, -0.25) is 0 Å². The number of rotatable bonds is 3. The third-order valence-corrected chi connectivity index (χ3v) is 1.73.